The lowest BCUT2D eigenvalue weighted by Gasteiger charge is -2.14. The van der Waals surface area contributed by atoms with Crippen LogP contribution in [-0.2, 0) is 19.4 Å². The largest absolute Gasteiger partial charge is 0.361 e. The molecule has 0 radical (unpaired) electrons. The number of imide groups is 1. The van der Waals surface area contributed by atoms with Gasteiger partial charge >= 0.3 is 0 Å². The zero-order chi connectivity index (χ0) is 22.2. The second-order valence-electron chi connectivity index (χ2n) is 7.37. The van der Waals surface area contributed by atoms with Crippen molar-refractivity contribution < 1.29 is 14.1 Å². The molecule has 2 amide bonds. The highest BCUT2D eigenvalue weighted by Gasteiger charge is 2.34. The van der Waals surface area contributed by atoms with E-state index in [9.17, 15) is 9.59 Å². The quantitative estimate of drug-likeness (QED) is 0.263. The van der Waals surface area contributed by atoms with E-state index >= 15 is 0 Å². The van der Waals surface area contributed by atoms with Crippen molar-refractivity contribution in [3.63, 3.8) is 0 Å². The fourth-order valence-corrected chi connectivity index (χ4v) is 3.66. The van der Waals surface area contributed by atoms with E-state index in [1.165, 1.54) is 4.90 Å². The summed E-state index contributed by atoms with van der Waals surface area (Å²) in [5.41, 5.74) is 3.02. The first kappa shape index (κ1) is 22.5. The Morgan fingerprint density at radius 2 is 1.74 bits per heavy atom. The Bertz CT molecular complexity index is 894. The zero-order valence-corrected chi connectivity index (χ0v) is 18.5. The minimum absolute atomic E-state index is 0.198. The highest BCUT2D eigenvalue weighted by atomic mass is 16.5. The zero-order valence-electron chi connectivity index (χ0n) is 18.5. The molecule has 0 saturated heterocycles. The smallest absolute Gasteiger partial charge is 0.261 e. The molecule has 31 heavy (non-hydrogen) atoms. The van der Waals surface area contributed by atoms with Crippen LogP contribution in [0.1, 0.15) is 71.3 Å². The van der Waals surface area contributed by atoms with Gasteiger partial charge in [0.1, 0.15) is 5.76 Å². The first-order valence-electron chi connectivity index (χ1n) is 11.0. The van der Waals surface area contributed by atoms with Crippen LogP contribution in [0.3, 0.4) is 0 Å². The van der Waals surface area contributed by atoms with Crippen molar-refractivity contribution in [1.82, 2.24) is 20.7 Å². The van der Waals surface area contributed by atoms with Crippen molar-refractivity contribution in [1.29, 1.82) is 0 Å². The summed E-state index contributed by atoms with van der Waals surface area (Å²) in [4.78, 5) is 30.8. The van der Waals surface area contributed by atoms with Crippen LogP contribution in [0.2, 0.25) is 0 Å². The Kier molecular flexibility index (Phi) is 7.81. The number of aryl methyl sites for hydroxylation is 2. The number of nitrogens with one attached hydrogen (secondary N) is 2. The van der Waals surface area contributed by atoms with E-state index in [1.54, 1.807) is 24.3 Å². The number of carbonyl (C=O) groups is 2. The Balaban J connectivity index is 1.48. The molecule has 0 unspecified atom stereocenters. The molecule has 0 fully saturated rings. The van der Waals surface area contributed by atoms with E-state index in [0.717, 1.165) is 55.2 Å². The number of hydrogen-bond donors (Lipinski definition) is 2. The third kappa shape index (κ3) is 5.13. The molecule has 2 N–H and O–H groups in total. The molecule has 2 heterocycles. The van der Waals surface area contributed by atoms with Gasteiger partial charge in [-0.3, -0.25) is 14.5 Å². The van der Waals surface area contributed by atoms with Gasteiger partial charge in [-0.25, -0.2) is 4.99 Å². The molecule has 8 heteroatoms. The number of guanidine groups is 1. The minimum atomic E-state index is -0.198. The van der Waals surface area contributed by atoms with Gasteiger partial charge in [-0.05, 0) is 38.3 Å². The van der Waals surface area contributed by atoms with E-state index < -0.39 is 0 Å². The topological polar surface area (TPSA) is 99.8 Å². The third-order valence-corrected chi connectivity index (χ3v) is 5.33. The average molecular weight is 426 g/mol. The number of aromatic nitrogens is 1. The lowest BCUT2D eigenvalue weighted by Crippen LogP contribution is -2.38. The number of benzene rings is 1. The molecular weight excluding hydrogens is 394 g/mol. The second kappa shape index (κ2) is 10.7. The van der Waals surface area contributed by atoms with Gasteiger partial charge in [-0.15, -0.1) is 0 Å². The maximum absolute atomic E-state index is 12.4. The van der Waals surface area contributed by atoms with Crippen LogP contribution in [0.4, 0.5) is 0 Å². The predicted molar refractivity (Wildman–Crippen MR) is 119 cm³/mol. The SMILES string of the molecule is CCNC(=NCc1c(CC)noc1CC)NCCCCN1C(=O)c2ccccc2C1=O. The summed E-state index contributed by atoms with van der Waals surface area (Å²) in [5.74, 6) is 1.22. The molecule has 0 saturated carbocycles. The number of fused-ring (bicyclic) bond motifs is 1. The van der Waals surface area contributed by atoms with Crippen LogP contribution < -0.4 is 10.6 Å². The Hall–Kier alpha value is -3.16. The molecule has 0 atom stereocenters. The molecule has 3 rings (SSSR count). The van der Waals surface area contributed by atoms with Gasteiger partial charge in [0.2, 0.25) is 0 Å². The van der Waals surface area contributed by atoms with Crippen molar-refractivity contribution in [3.8, 4) is 0 Å². The first-order chi connectivity index (χ1) is 15.1. The van der Waals surface area contributed by atoms with Crippen molar-refractivity contribution in [2.45, 2.75) is 53.0 Å². The number of hydrogen-bond acceptors (Lipinski definition) is 5. The van der Waals surface area contributed by atoms with Crippen LogP contribution in [0.5, 0.6) is 0 Å². The molecule has 166 valence electrons. The van der Waals surface area contributed by atoms with Crippen molar-refractivity contribution >= 4 is 17.8 Å². The van der Waals surface area contributed by atoms with Gasteiger partial charge in [0, 0.05) is 31.6 Å². The number of nitrogens with zero attached hydrogens (tertiary/aromatic N) is 3. The molecule has 1 aromatic carbocycles. The molecule has 0 spiro atoms. The molecule has 0 aliphatic carbocycles. The summed E-state index contributed by atoms with van der Waals surface area (Å²) in [6.45, 7) is 8.51. The maximum Gasteiger partial charge on any atom is 0.261 e. The van der Waals surface area contributed by atoms with Crippen LogP contribution in [0.25, 0.3) is 0 Å². The van der Waals surface area contributed by atoms with Gasteiger partial charge in [-0.1, -0.05) is 31.1 Å². The first-order valence-corrected chi connectivity index (χ1v) is 11.0. The highest BCUT2D eigenvalue weighted by Crippen LogP contribution is 2.22. The molecule has 1 aliphatic heterocycles. The van der Waals surface area contributed by atoms with Crippen molar-refractivity contribution in [2.24, 2.45) is 4.99 Å². The Morgan fingerprint density at radius 1 is 1.03 bits per heavy atom. The summed E-state index contributed by atoms with van der Waals surface area (Å²) < 4.78 is 5.41. The van der Waals surface area contributed by atoms with Gasteiger partial charge < -0.3 is 15.2 Å². The van der Waals surface area contributed by atoms with Crippen LogP contribution in [0, 0.1) is 0 Å². The van der Waals surface area contributed by atoms with Crippen LogP contribution in [0.15, 0.2) is 33.8 Å². The summed E-state index contributed by atoms with van der Waals surface area (Å²) in [6.07, 6.45) is 3.14. The molecule has 8 nitrogen and oxygen atoms in total. The Labute approximate surface area is 183 Å². The average Bonchev–Trinajstić information content (AvgIpc) is 3.30. The maximum atomic E-state index is 12.4. The monoisotopic (exact) mass is 425 g/mol. The molecule has 0 bridgehead atoms. The highest BCUT2D eigenvalue weighted by molar-refractivity contribution is 6.21. The number of unbranched alkanes of at least 4 members (excludes halogenated alkanes) is 1. The normalized spacial score (nSPS) is 13.6. The minimum Gasteiger partial charge on any atom is -0.361 e. The molecule has 1 aromatic heterocycles. The third-order valence-electron chi connectivity index (χ3n) is 5.33. The van der Waals surface area contributed by atoms with Gasteiger partial charge in [0.25, 0.3) is 11.8 Å². The van der Waals surface area contributed by atoms with E-state index in [0.29, 0.717) is 30.8 Å². The lowest BCUT2D eigenvalue weighted by atomic mass is 10.1. The van der Waals surface area contributed by atoms with Crippen LogP contribution in [-0.4, -0.2) is 47.5 Å². The second-order valence-corrected chi connectivity index (χ2v) is 7.37. The number of carbonyl (C=O) groups excluding carboxylic acids is 2. The fourth-order valence-electron chi connectivity index (χ4n) is 3.66. The number of amides is 2. The summed E-state index contributed by atoms with van der Waals surface area (Å²) >= 11 is 0. The summed E-state index contributed by atoms with van der Waals surface area (Å²) in [7, 11) is 0. The Morgan fingerprint density at radius 3 is 2.35 bits per heavy atom. The van der Waals surface area contributed by atoms with Gasteiger partial charge in [0.05, 0.1) is 23.4 Å². The molecule has 1 aliphatic rings. The lowest BCUT2D eigenvalue weighted by molar-refractivity contribution is 0.0652. The van der Waals surface area contributed by atoms with E-state index in [-0.39, 0.29) is 11.8 Å². The number of aliphatic imine (C=N–C) groups is 1. The van der Waals surface area contributed by atoms with Crippen molar-refractivity contribution in [2.75, 3.05) is 19.6 Å². The van der Waals surface area contributed by atoms with Crippen molar-refractivity contribution in [3.05, 3.63) is 52.4 Å². The predicted octanol–water partition coefficient (Wildman–Crippen LogP) is 2.93. The summed E-state index contributed by atoms with van der Waals surface area (Å²) in [6, 6.07) is 6.98. The molecular formula is C23H31N5O3. The summed E-state index contributed by atoms with van der Waals surface area (Å²) in [5, 5.41) is 10.7. The standard InChI is InChI=1S/C23H31N5O3/c1-4-19-18(20(5-2)31-27-19)15-26-23(24-6-3)25-13-9-10-14-28-21(29)16-11-7-8-12-17(16)22(28)30/h7-8,11-12H,4-6,9-10,13-15H2,1-3H3,(H2,24,25,26). The fraction of sp³-hybridized carbons (Fsp3) is 0.478. The van der Waals surface area contributed by atoms with Crippen LogP contribution >= 0.6 is 0 Å². The number of rotatable bonds is 10. The van der Waals surface area contributed by atoms with Gasteiger partial charge in [0.15, 0.2) is 5.96 Å². The van der Waals surface area contributed by atoms with E-state index in [4.69, 9.17) is 4.52 Å². The molecule has 2 aromatic rings. The van der Waals surface area contributed by atoms with Gasteiger partial charge in [-0.2, -0.15) is 0 Å². The van der Waals surface area contributed by atoms with E-state index in [1.807, 2.05) is 13.8 Å². The van der Waals surface area contributed by atoms with E-state index in [2.05, 4.69) is 27.7 Å².